The number of anilines is 1. The van der Waals surface area contributed by atoms with Crippen molar-refractivity contribution in [1.29, 1.82) is 0 Å². The highest BCUT2D eigenvalue weighted by Gasteiger charge is 2.22. The van der Waals surface area contributed by atoms with Gasteiger partial charge in [-0.3, -0.25) is 4.79 Å². The molecule has 1 N–H and O–H groups in total. The molecular formula is C13H14N4O2. The Labute approximate surface area is 110 Å². The highest BCUT2D eigenvalue weighted by atomic mass is 16.5. The Hall–Kier alpha value is -2.37. The number of aromatic nitrogens is 3. The number of ether oxygens (including phenoxy) is 1. The third kappa shape index (κ3) is 1.95. The summed E-state index contributed by atoms with van der Waals surface area (Å²) in [5, 5.41) is 10.9. The average Bonchev–Trinajstić information content (AvgIpc) is 2.94. The minimum Gasteiger partial charge on any atom is -0.489 e. The zero-order valence-corrected chi connectivity index (χ0v) is 10.6. The first-order valence-corrected chi connectivity index (χ1v) is 6.24. The standard InChI is InChI=1S/C13H14N4O2/c1-2-17-11(8-15-16-17)12(18)9-4-3-5-10-13(9)19-7-6-14-10/h3-5,8,14H,2,6-7H2,1H3. The van der Waals surface area contributed by atoms with Gasteiger partial charge in [0.1, 0.15) is 12.3 Å². The number of rotatable bonds is 3. The first-order chi connectivity index (χ1) is 9.31. The molecule has 3 rings (SSSR count). The maximum atomic E-state index is 12.6. The Kier molecular flexibility index (Phi) is 2.91. The summed E-state index contributed by atoms with van der Waals surface area (Å²) in [6.07, 6.45) is 1.49. The van der Waals surface area contributed by atoms with Gasteiger partial charge in [-0.2, -0.15) is 0 Å². The van der Waals surface area contributed by atoms with E-state index in [4.69, 9.17) is 4.74 Å². The van der Waals surface area contributed by atoms with Crippen molar-refractivity contribution in [3.8, 4) is 5.75 Å². The molecule has 0 fully saturated rings. The lowest BCUT2D eigenvalue weighted by atomic mass is 10.1. The highest BCUT2D eigenvalue weighted by molar-refractivity contribution is 6.10. The Balaban J connectivity index is 2.05. The van der Waals surface area contributed by atoms with Crippen LogP contribution < -0.4 is 10.1 Å². The van der Waals surface area contributed by atoms with Crippen LogP contribution in [0, 0.1) is 0 Å². The molecule has 0 unspecified atom stereocenters. The van der Waals surface area contributed by atoms with E-state index in [1.165, 1.54) is 6.20 Å². The Morgan fingerprint density at radius 2 is 2.42 bits per heavy atom. The van der Waals surface area contributed by atoms with E-state index < -0.39 is 0 Å². The molecule has 0 amide bonds. The van der Waals surface area contributed by atoms with Gasteiger partial charge in [0.2, 0.25) is 5.78 Å². The summed E-state index contributed by atoms with van der Waals surface area (Å²) in [6, 6.07) is 5.51. The summed E-state index contributed by atoms with van der Waals surface area (Å²) in [4.78, 5) is 12.6. The fourth-order valence-electron chi connectivity index (χ4n) is 2.15. The summed E-state index contributed by atoms with van der Waals surface area (Å²) in [7, 11) is 0. The predicted molar refractivity (Wildman–Crippen MR) is 69.6 cm³/mol. The molecule has 0 spiro atoms. The summed E-state index contributed by atoms with van der Waals surface area (Å²) in [5.74, 6) is 0.495. The summed E-state index contributed by atoms with van der Waals surface area (Å²) in [6.45, 7) is 3.83. The third-order valence-corrected chi connectivity index (χ3v) is 3.07. The SMILES string of the molecule is CCn1nncc1C(=O)c1cccc2c1OCCN2. The van der Waals surface area contributed by atoms with Crippen LogP contribution in [0.3, 0.4) is 0 Å². The molecule has 19 heavy (non-hydrogen) atoms. The summed E-state index contributed by atoms with van der Waals surface area (Å²) in [5.41, 5.74) is 1.87. The van der Waals surface area contributed by atoms with Crippen molar-refractivity contribution in [2.75, 3.05) is 18.5 Å². The normalized spacial score (nSPS) is 13.3. The predicted octanol–water partition coefficient (Wildman–Crippen LogP) is 1.33. The number of nitrogens with one attached hydrogen (secondary N) is 1. The molecule has 6 nitrogen and oxygen atoms in total. The first-order valence-electron chi connectivity index (χ1n) is 6.24. The minimum atomic E-state index is -0.118. The van der Waals surface area contributed by atoms with Gasteiger partial charge in [-0.15, -0.1) is 5.10 Å². The molecule has 0 atom stereocenters. The molecule has 0 aliphatic carbocycles. The fraction of sp³-hybridized carbons (Fsp3) is 0.308. The molecule has 0 radical (unpaired) electrons. The van der Waals surface area contributed by atoms with Crippen LogP contribution in [0.25, 0.3) is 0 Å². The van der Waals surface area contributed by atoms with Crippen LogP contribution in [-0.4, -0.2) is 33.9 Å². The molecule has 0 bridgehead atoms. The van der Waals surface area contributed by atoms with E-state index in [0.717, 1.165) is 12.2 Å². The molecule has 98 valence electrons. The van der Waals surface area contributed by atoms with Gasteiger partial charge in [-0.25, -0.2) is 4.68 Å². The quantitative estimate of drug-likeness (QED) is 0.841. The van der Waals surface area contributed by atoms with Crippen molar-refractivity contribution in [3.05, 3.63) is 35.7 Å². The van der Waals surface area contributed by atoms with E-state index in [-0.39, 0.29) is 5.78 Å². The van der Waals surface area contributed by atoms with Crippen LogP contribution in [0.2, 0.25) is 0 Å². The zero-order chi connectivity index (χ0) is 13.2. The summed E-state index contributed by atoms with van der Waals surface area (Å²) < 4.78 is 7.20. The first kappa shape index (κ1) is 11.7. The second-order valence-electron chi connectivity index (χ2n) is 4.22. The number of para-hydroxylation sites is 1. The highest BCUT2D eigenvalue weighted by Crippen LogP contribution is 2.32. The van der Waals surface area contributed by atoms with Crippen LogP contribution in [0.15, 0.2) is 24.4 Å². The number of nitrogens with zero attached hydrogens (tertiary/aromatic N) is 3. The van der Waals surface area contributed by atoms with Gasteiger partial charge in [0.15, 0.2) is 5.75 Å². The second kappa shape index (κ2) is 4.72. The molecule has 2 aromatic rings. The van der Waals surface area contributed by atoms with Gasteiger partial charge in [0, 0.05) is 13.1 Å². The number of benzene rings is 1. The number of fused-ring (bicyclic) bond motifs is 1. The maximum Gasteiger partial charge on any atom is 0.216 e. The van der Waals surface area contributed by atoms with Crippen molar-refractivity contribution in [1.82, 2.24) is 15.0 Å². The van der Waals surface area contributed by atoms with E-state index >= 15 is 0 Å². The molecule has 1 aromatic heterocycles. The molecular weight excluding hydrogens is 244 g/mol. The largest absolute Gasteiger partial charge is 0.489 e. The number of hydrogen-bond acceptors (Lipinski definition) is 5. The van der Waals surface area contributed by atoms with E-state index in [9.17, 15) is 4.79 Å². The topological polar surface area (TPSA) is 69.0 Å². The van der Waals surface area contributed by atoms with Crippen LogP contribution in [0.1, 0.15) is 23.0 Å². The number of carbonyl (C=O) groups excluding carboxylic acids is 1. The monoisotopic (exact) mass is 258 g/mol. The van der Waals surface area contributed by atoms with Gasteiger partial charge in [0.25, 0.3) is 0 Å². The van der Waals surface area contributed by atoms with Crippen molar-refractivity contribution in [3.63, 3.8) is 0 Å². The van der Waals surface area contributed by atoms with Gasteiger partial charge in [-0.1, -0.05) is 11.3 Å². The lowest BCUT2D eigenvalue weighted by Crippen LogP contribution is -2.21. The van der Waals surface area contributed by atoms with E-state index in [1.54, 1.807) is 10.7 Å². The summed E-state index contributed by atoms with van der Waals surface area (Å²) >= 11 is 0. The van der Waals surface area contributed by atoms with Gasteiger partial charge in [-0.05, 0) is 19.1 Å². The van der Waals surface area contributed by atoms with E-state index in [0.29, 0.717) is 30.2 Å². The minimum absolute atomic E-state index is 0.118. The third-order valence-electron chi connectivity index (χ3n) is 3.07. The number of carbonyl (C=O) groups is 1. The average molecular weight is 258 g/mol. The molecule has 1 aromatic carbocycles. The molecule has 6 heteroatoms. The molecule has 1 aliphatic rings. The molecule has 1 aliphatic heterocycles. The zero-order valence-electron chi connectivity index (χ0n) is 10.6. The van der Waals surface area contributed by atoms with E-state index in [2.05, 4.69) is 15.6 Å². The molecule has 0 saturated carbocycles. The molecule has 2 heterocycles. The number of aryl methyl sites for hydroxylation is 1. The van der Waals surface area contributed by atoms with Gasteiger partial charge >= 0.3 is 0 Å². The van der Waals surface area contributed by atoms with Crippen molar-refractivity contribution < 1.29 is 9.53 Å². The number of hydrogen-bond donors (Lipinski definition) is 1. The second-order valence-corrected chi connectivity index (χ2v) is 4.22. The smallest absolute Gasteiger partial charge is 0.216 e. The fourth-order valence-corrected chi connectivity index (χ4v) is 2.15. The Morgan fingerprint density at radius 3 is 3.26 bits per heavy atom. The Morgan fingerprint density at radius 1 is 1.53 bits per heavy atom. The maximum absolute atomic E-state index is 12.6. The molecule has 0 saturated heterocycles. The van der Waals surface area contributed by atoms with Gasteiger partial charge in [0.05, 0.1) is 17.4 Å². The van der Waals surface area contributed by atoms with E-state index in [1.807, 2.05) is 19.1 Å². The lowest BCUT2D eigenvalue weighted by molar-refractivity contribution is 0.102. The van der Waals surface area contributed by atoms with Crippen LogP contribution >= 0.6 is 0 Å². The van der Waals surface area contributed by atoms with Gasteiger partial charge < -0.3 is 10.1 Å². The van der Waals surface area contributed by atoms with Crippen LogP contribution in [0.4, 0.5) is 5.69 Å². The van der Waals surface area contributed by atoms with Crippen molar-refractivity contribution in [2.45, 2.75) is 13.5 Å². The van der Waals surface area contributed by atoms with Crippen molar-refractivity contribution in [2.24, 2.45) is 0 Å². The lowest BCUT2D eigenvalue weighted by Gasteiger charge is -2.21. The van der Waals surface area contributed by atoms with Crippen LogP contribution in [0.5, 0.6) is 5.75 Å². The van der Waals surface area contributed by atoms with Crippen LogP contribution in [-0.2, 0) is 6.54 Å². The van der Waals surface area contributed by atoms with Crippen molar-refractivity contribution >= 4 is 11.5 Å². The Bertz CT molecular complexity index is 621. The number of ketones is 1.